The zero-order valence-corrected chi connectivity index (χ0v) is 18.8. The quantitative estimate of drug-likeness (QED) is 0.172. The van der Waals surface area contributed by atoms with Gasteiger partial charge in [-0.05, 0) is 18.8 Å². The first-order valence-corrected chi connectivity index (χ1v) is 11.4. The SMILES string of the molecule is CCCC(CCC)CO[C@@H]1OC(CO)(CO[C@H]2OC(CO)[C@@H](O)C(O)C2O)CC(O)C1O. The third kappa shape index (κ3) is 6.80. The molecule has 9 atom stereocenters. The van der Waals surface area contributed by atoms with Gasteiger partial charge in [0.15, 0.2) is 12.6 Å². The van der Waals surface area contributed by atoms with Gasteiger partial charge in [-0.1, -0.05) is 26.7 Å². The van der Waals surface area contributed by atoms with E-state index in [4.69, 9.17) is 18.9 Å². The van der Waals surface area contributed by atoms with Crippen LogP contribution >= 0.6 is 0 Å². The van der Waals surface area contributed by atoms with Crippen molar-refractivity contribution in [3.8, 4) is 0 Å². The van der Waals surface area contributed by atoms with E-state index < -0.39 is 68.0 Å². The number of hydrogen-bond donors (Lipinski definition) is 7. The molecule has 2 aliphatic rings. The second-order valence-corrected chi connectivity index (χ2v) is 8.87. The van der Waals surface area contributed by atoms with E-state index in [1.54, 1.807) is 0 Å². The van der Waals surface area contributed by atoms with Gasteiger partial charge in [0.1, 0.15) is 36.1 Å². The summed E-state index contributed by atoms with van der Waals surface area (Å²) in [5, 5.41) is 70.0. The molecule has 0 radical (unpaired) electrons. The van der Waals surface area contributed by atoms with Crippen LogP contribution in [0.4, 0.5) is 0 Å². The van der Waals surface area contributed by atoms with Crippen molar-refractivity contribution in [2.75, 3.05) is 26.4 Å². The van der Waals surface area contributed by atoms with Gasteiger partial charge in [-0.15, -0.1) is 0 Å². The minimum absolute atomic E-state index is 0.171. The molecule has 2 fully saturated rings. The summed E-state index contributed by atoms with van der Waals surface area (Å²) in [6, 6.07) is 0. The van der Waals surface area contributed by atoms with Gasteiger partial charge in [-0.25, -0.2) is 0 Å². The van der Waals surface area contributed by atoms with Crippen LogP contribution in [0.1, 0.15) is 46.0 Å². The molecule has 2 aliphatic heterocycles. The molecular formula is C21H40O11. The molecule has 0 aromatic heterocycles. The average molecular weight is 469 g/mol. The Labute approximate surface area is 188 Å². The van der Waals surface area contributed by atoms with E-state index in [1.807, 2.05) is 0 Å². The van der Waals surface area contributed by atoms with Crippen LogP contribution < -0.4 is 0 Å². The lowest BCUT2D eigenvalue weighted by molar-refractivity contribution is -0.343. The highest BCUT2D eigenvalue weighted by atomic mass is 16.7. The summed E-state index contributed by atoms with van der Waals surface area (Å²) in [5.41, 5.74) is -1.47. The van der Waals surface area contributed by atoms with Crippen LogP contribution in [0.15, 0.2) is 0 Å². The molecule has 2 rings (SSSR count). The maximum absolute atomic E-state index is 10.4. The highest BCUT2D eigenvalue weighted by molar-refractivity contribution is 4.94. The van der Waals surface area contributed by atoms with Gasteiger partial charge in [-0.3, -0.25) is 0 Å². The van der Waals surface area contributed by atoms with Gasteiger partial charge < -0.3 is 54.7 Å². The normalized spacial score (nSPS) is 40.7. The van der Waals surface area contributed by atoms with Crippen LogP contribution in [-0.2, 0) is 18.9 Å². The Morgan fingerprint density at radius 1 is 0.875 bits per heavy atom. The largest absolute Gasteiger partial charge is 0.394 e. The van der Waals surface area contributed by atoms with Gasteiger partial charge in [0, 0.05) is 6.42 Å². The van der Waals surface area contributed by atoms with Crippen molar-refractivity contribution in [3.05, 3.63) is 0 Å². The molecule has 0 spiro atoms. The van der Waals surface area contributed by atoms with Crippen LogP contribution in [0.5, 0.6) is 0 Å². The van der Waals surface area contributed by atoms with Crippen molar-refractivity contribution < 1.29 is 54.7 Å². The van der Waals surface area contributed by atoms with Gasteiger partial charge >= 0.3 is 0 Å². The Kier molecular flexibility index (Phi) is 11.2. The molecule has 190 valence electrons. The lowest BCUT2D eigenvalue weighted by Gasteiger charge is -2.46. The van der Waals surface area contributed by atoms with E-state index >= 15 is 0 Å². The summed E-state index contributed by atoms with van der Waals surface area (Å²) < 4.78 is 22.5. The lowest BCUT2D eigenvalue weighted by atomic mass is 9.91. The molecule has 0 saturated carbocycles. The highest BCUT2D eigenvalue weighted by Gasteiger charge is 2.49. The molecule has 0 aliphatic carbocycles. The number of aliphatic hydroxyl groups is 7. The van der Waals surface area contributed by atoms with Crippen molar-refractivity contribution in [2.45, 2.75) is 101 Å². The van der Waals surface area contributed by atoms with Crippen LogP contribution in [-0.4, -0.2) is 117 Å². The van der Waals surface area contributed by atoms with Crippen LogP contribution in [0, 0.1) is 5.92 Å². The lowest BCUT2D eigenvalue weighted by Crippen LogP contribution is -2.62. The molecule has 0 bridgehead atoms. The topological polar surface area (TPSA) is 179 Å². The first-order valence-electron chi connectivity index (χ1n) is 11.4. The van der Waals surface area contributed by atoms with E-state index in [9.17, 15) is 35.7 Å². The predicted octanol–water partition coefficient (Wildman–Crippen LogP) is -1.76. The molecule has 11 nitrogen and oxygen atoms in total. The molecule has 11 heteroatoms. The van der Waals surface area contributed by atoms with Crippen molar-refractivity contribution in [1.82, 2.24) is 0 Å². The van der Waals surface area contributed by atoms with Gasteiger partial charge in [-0.2, -0.15) is 0 Å². The van der Waals surface area contributed by atoms with E-state index in [1.165, 1.54) is 0 Å². The molecular weight excluding hydrogens is 428 g/mol. The van der Waals surface area contributed by atoms with Gasteiger partial charge in [0.2, 0.25) is 0 Å². The molecule has 2 heterocycles. The van der Waals surface area contributed by atoms with Crippen LogP contribution in [0.2, 0.25) is 0 Å². The van der Waals surface area contributed by atoms with Gasteiger partial charge in [0.05, 0.1) is 32.5 Å². The Morgan fingerprint density at radius 2 is 1.53 bits per heavy atom. The van der Waals surface area contributed by atoms with Gasteiger partial charge in [0.25, 0.3) is 0 Å². The van der Waals surface area contributed by atoms with Crippen molar-refractivity contribution >= 4 is 0 Å². The fourth-order valence-electron chi connectivity index (χ4n) is 4.22. The monoisotopic (exact) mass is 468 g/mol. The molecule has 0 aromatic carbocycles. The average Bonchev–Trinajstić information content (AvgIpc) is 2.78. The molecule has 2 saturated heterocycles. The molecule has 7 N–H and O–H groups in total. The van der Waals surface area contributed by atoms with E-state index in [0.29, 0.717) is 6.61 Å². The Morgan fingerprint density at radius 3 is 2.09 bits per heavy atom. The van der Waals surface area contributed by atoms with Crippen molar-refractivity contribution in [3.63, 3.8) is 0 Å². The minimum atomic E-state index is -1.61. The fourth-order valence-corrected chi connectivity index (χ4v) is 4.22. The third-order valence-electron chi connectivity index (χ3n) is 6.16. The number of rotatable bonds is 12. The molecule has 6 unspecified atom stereocenters. The Bertz CT molecular complexity index is 530. The Balaban J connectivity index is 2.03. The maximum Gasteiger partial charge on any atom is 0.186 e. The summed E-state index contributed by atoms with van der Waals surface area (Å²) in [4.78, 5) is 0. The molecule has 32 heavy (non-hydrogen) atoms. The van der Waals surface area contributed by atoms with Crippen LogP contribution in [0.25, 0.3) is 0 Å². The highest BCUT2D eigenvalue weighted by Crippen LogP contribution is 2.32. The summed E-state index contributed by atoms with van der Waals surface area (Å²) in [5.74, 6) is 0.272. The maximum atomic E-state index is 10.4. The molecule has 0 amide bonds. The summed E-state index contributed by atoms with van der Waals surface area (Å²) in [6.07, 6.45) is -7.38. The van der Waals surface area contributed by atoms with Crippen molar-refractivity contribution in [2.24, 2.45) is 5.92 Å². The summed E-state index contributed by atoms with van der Waals surface area (Å²) in [7, 11) is 0. The second-order valence-electron chi connectivity index (χ2n) is 8.87. The Hall–Kier alpha value is -0.440. The van der Waals surface area contributed by atoms with E-state index in [-0.39, 0.29) is 18.9 Å². The van der Waals surface area contributed by atoms with Crippen molar-refractivity contribution in [1.29, 1.82) is 0 Å². The number of ether oxygens (including phenoxy) is 4. The first kappa shape index (κ1) is 27.8. The smallest absolute Gasteiger partial charge is 0.186 e. The number of aliphatic hydroxyl groups excluding tert-OH is 7. The predicted molar refractivity (Wildman–Crippen MR) is 110 cm³/mol. The van der Waals surface area contributed by atoms with E-state index in [2.05, 4.69) is 13.8 Å². The summed E-state index contributed by atoms with van der Waals surface area (Å²) in [6.45, 7) is 2.91. The standard InChI is InChI=1S/C21H40O11/c1-3-5-12(6-4-2)9-29-20-15(25)13(24)7-21(10-23,32-20)11-30-19-18(28)17(27)16(26)14(8-22)31-19/h12-20,22-28H,3-11H2,1-2H3/t13?,14?,15?,16-,17?,18?,19+,20-,21?/m1/s1. The van der Waals surface area contributed by atoms with Crippen LogP contribution in [0.3, 0.4) is 0 Å². The first-order chi connectivity index (χ1) is 15.2. The summed E-state index contributed by atoms with van der Waals surface area (Å²) >= 11 is 0. The zero-order chi connectivity index (χ0) is 23.9. The minimum Gasteiger partial charge on any atom is -0.394 e. The second kappa shape index (κ2) is 12.9. The fraction of sp³-hybridized carbons (Fsp3) is 1.00. The zero-order valence-electron chi connectivity index (χ0n) is 18.8. The third-order valence-corrected chi connectivity index (χ3v) is 6.16. The van der Waals surface area contributed by atoms with E-state index in [0.717, 1.165) is 25.7 Å². The number of hydrogen-bond acceptors (Lipinski definition) is 11. The molecule has 0 aromatic rings.